The number of nitrogens with two attached hydrogens (primary N) is 1. The van der Waals surface area contributed by atoms with Gasteiger partial charge in [-0.15, -0.1) is 0 Å². The molecule has 0 radical (unpaired) electrons. The van der Waals surface area contributed by atoms with E-state index in [0.717, 1.165) is 34.7 Å². The molecule has 2 nitrogen and oxygen atoms in total. The van der Waals surface area contributed by atoms with Gasteiger partial charge in [0.15, 0.2) is 0 Å². The fraction of sp³-hybridized carbons (Fsp3) is 0.667. The molecule has 5 rings (SSSR count). The highest BCUT2D eigenvalue weighted by molar-refractivity contribution is 9.10. The SMILES string of the molecule is Cc1ccc(Br)c(NC2(CN)C3CC4CC(C3)CC2C4)c1. The molecule has 0 unspecified atom stereocenters. The number of halogens is 1. The second kappa shape index (κ2) is 4.99. The van der Waals surface area contributed by atoms with Crippen LogP contribution >= 0.6 is 15.9 Å². The third-order valence-electron chi connectivity index (χ3n) is 6.42. The van der Waals surface area contributed by atoms with Crippen molar-refractivity contribution in [3.05, 3.63) is 28.2 Å². The van der Waals surface area contributed by atoms with E-state index in [4.69, 9.17) is 5.73 Å². The highest BCUT2D eigenvalue weighted by atomic mass is 79.9. The van der Waals surface area contributed by atoms with Gasteiger partial charge in [0.25, 0.3) is 0 Å². The summed E-state index contributed by atoms with van der Waals surface area (Å²) in [5.74, 6) is 3.50. The summed E-state index contributed by atoms with van der Waals surface area (Å²) in [6.45, 7) is 2.92. The summed E-state index contributed by atoms with van der Waals surface area (Å²) in [7, 11) is 0. The van der Waals surface area contributed by atoms with Crippen LogP contribution in [0.2, 0.25) is 0 Å². The minimum absolute atomic E-state index is 0.129. The van der Waals surface area contributed by atoms with Crippen molar-refractivity contribution in [1.29, 1.82) is 0 Å². The number of rotatable bonds is 3. The molecule has 4 aliphatic rings. The zero-order valence-electron chi connectivity index (χ0n) is 12.7. The van der Waals surface area contributed by atoms with Gasteiger partial charge in [-0.25, -0.2) is 0 Å². The molecule has 0 aliphatic heterocycles. The lowest BCUT2D eigenvalue weighted by Gasteiger charge is -2.61. The van der Waals surface area contributed by atoms with Gasteiger partial charge in [-0.3, -0.25) is 0 Å². The van der Waals surface area contributed by atoms with Crippen molar-refractivity contribution in [1.82, 2.24) is 0 Å². The van der Waals surface area contributed by atoms with Crippen molar-refractivity contribution < 1.29 is 0 Å². The van der Waals surface area contributed by atoms with Crippen LogP contribution in [-0.4, -0.2) is 12.1 Å². The van der Waals surface area contributed by atoms with E-state index in [-0.39, 0.29) is 5.54 Å². The lowest BCUT2D eigenvalue weighted by Crippen LogP contribution is -2.65. The largest absolute Gasteiger partial charge is 0.377 e. The summed E-state index contributed by atoms with van der Waals surface area (Å²) in [5, 5.41) is 3.92. The summed E-state index contributed by atoms with van der Waals surface area (Å²) in [4.78, 5) is 0. The van der Waals surface area contributed by atoms with Crippen LogP contribution in [0.25, 0.3) is 0 Å². The van der Waals surface area contributed by atoms with Crippen molar-refractivity contribution in [3.63, 3.8) is 0 Å². The molecule has 0 saturated heterocycles. The predicted octanol–water partition coefficient (Wildman–Crippen LogP) is 4.32. The summed E-state index contributed by atoms with van der Waals surface area (Å²) in [6.07, 6.45) is 7.05. The minimum Gasteiger partial charge on any atom is -0.377 e. The molecule has 4 fully saturated rings. The second-order valence-corrected chi connectivity index (χ2v) is 8.51. The summed E-state index contributed by atoms with van der Waals surface area (Å²) >= 11 is 3.71. The van der Waals surface area contributed by atoms with Gasteiger partial charge in [-0.1, -0.05) is 6.07 Å². The Balaban J connectivity index is 1.69. The van der Waals surface area contributed by atoms with Gasteiger partial charge in [0.2, 0.25) is 0 Å². The number of aryl methyl sites for hydroxylation is 1. The lowest BCUT2D eigenvalue weighted by molar-refractivity contribution is -0.0405. The van der Waals surface area contributed by atoms with E-state index in [1.54, 1.807) is 0 Å². The summed E-state index contributed by atoms with van der Waals surface area (Å²) < 4.78 is 1.16. The third-order valence-corrected chi connectivity index (χ3v) is 7.11. The van der Waals surface area contributed by atoms with Crippen molar-refractivity contribution in [2.75, 3.05) is 11.9 Å². The Morgan fingerprint density at radius 1 is 1.14 bits per heavy atom. The Morgan fingerprint density at radius 3 is 2.33 bits per heavy atom. The molecule has 4 saturated carbocycles. The van der Waals surface area contributed by atoms with E-state index >= 15 is 0 Å². The van der Waals surface area contributed by atoms with Gasteiger partial charge in [0.1, 0.15) is 0 Å². The molecule has 4 bridgehead atoms. The van der Waals surface area contributed by atoms with Crippen LogP contribution in [0.4, 0.5) is 5.69 Å². The molecule has 0 heterocycles. The number of anilines is 1. The average Bonchev–Trinajstić information content (AvgIpc) is 2.46. The normalized spacial score (nSPS) is 40.5. The topological polar surface area (TPSA) is 38.0 Å². The fourth-order valence-electron chi connectivity index (χ4n) is 5.60. The first-order valence-electron chi connectivity index (χ1n) is 8.35. The molecule has 21 heavy (non-hydrogen) atoms. The van der Waals surface area contributed by atoms with Crippen LogP contribution in [-0.2, 0) is 0 Å². The van der Waals surface area contributed by atoms with Gasteiger partial charge < -0.3 is 11.1 Å². The maximum Gasteiger partial charge on any atom is 0.0552 e. The molecule has 0 amide bonds. The first-order chi connectivity index (χ1) is 10.1. The van der Waals surface area contributed by atoms with E-state index in [0.29, 0.717) is 0 Å². The fourth-order valence-corrected chi connectivity index (χ4v) is 5.95. The zero-order chi connectivity index (χ0) is 14.6. The smallest absolute Gasteiger partial charge is 0.0552 e. The summed E-state index contributed by atoms with van der Waals surface area (Å²) in [6, 6.07) is 6.56. The third kappa shape index (κ3) is 2.16. The van der Waals surface area contributed by atoms with Crippen LogP contribution in [0, 0.1) is 30.6 Å². The average molecular weight is 349 g/mol. The van der Waals surface area contributed by atoms with Crippen LogP contribution in [0.15, 0.2) is 22.7 Å². The number of hydrogen-bond acceptors (Lipinski definition) is 2. The standard InChI is InChI=1S/C18H25BrN2/c1-11-2-3-16(19)17(4-11)21-18(10-20)14-6-12-5-13(8-14)9-15(18)7-12/h2-4,12-15,21H,5-10,20H2,1H3. The van der Waals surface area contributed by atoms with Gasteiger partial charge in [0.05, 0.1) is 5.54 Å². The monoisotopic (exact) mass is 348 g/mol. The first-order valence-corrected chi connectivity index (χ1v) is 9.14. The predicted molar refractivity (Wildman–Crippen MR) is 91.3 cm³/mol. The highest BCUT2D eigenvalue weighted by Crippen LogP contribution is 2.59. The Labute approximate surface area is 136 Å². The molecule has 0 spiro atoms. The highest BCUT2D eigenvalue weighted by Gasteiger charge is 2.56. The Kier molecular flexibility index (Phi) is 3.34. The minimum atomic E-state index is 0.129. The van der Waals surface area contributed by atoms with Gasteiger partial charge in [-0.2, -0.15) is 0 Å². The van der Waals surface area contributed by atoms with E-state index in [9.17, 15) is 0 Å². The molecular weight excluding hydrogens is 324 g/mol. The van der Waals surface area contributed by atoms with Crippen LogP contribution in [0.3, 0.4) is 0 Å². The Hall–Kier alpha value is -0.540. The van der Waals surface area contributed by atoms with E-state index < -0.39 is 0 Å². The van der Waals surface area contributed by atoms with Crippen molar-refractivity contribution in [2.24, 2.45) is 29.4 Å². The number of benzene rings is 1. The zero-order valence-corrected chi connectivity index (χ0v) is 14.3. The van der Waals surface area contributed by atoms with E-state index in [2.05, 4.69) is 46.4 Å². The van der Waals surface area contributed by atoms with E-state index in [1.807, 2.05) is 0 Å². The molecule has 3 heteroatoms. The molecule has 4 aliphatic carbocycles. The summed E-state index contributed by atoms with van der Waals surface area (Å²) in [5.41, 5.74) is 9.01. The maximum absolute atomic E-state index is 6.35. The number of nitrogens with one attached hydrogen (secondary N) is 1. The Bertz CT molecular complexity index is 526. The molecular formula is C18H25BrN2. The number of hydrogen-bond donors (Lipinski definition) is 2. The second-order valence-electron chi connectivity index (χ2n) is 7.66. The molecule has 1 aromatic carbocycles. The lowest BCUT2D eigenvalue weighted by atomic mass is 9.48. The van der Waals surface area contributed by atoms with Gasteiger partial charge in [0, 0.05) is 16.7 Å². The molecule has 0 aromatic heterocycles. The van der Waals surface area contributed by atoms with Crippen LogP contribution in [0.5, 0.6) is 0 Å². The van der Waals surface area contributed by atoms with Crippen LogP contribution < -0.4 is 11.1 Å². The van der Waals surface area contributed by atoms with Crippen molar-refractivity contribution in [3.8, 4) is 0 Å². The molecule has 0 atom stereocenters. The van der Waals surface area contributed by atoms with Gasteiger partial charge >= 0.3 is 0 Å². The van der Waals surface area contributed by atoms with Crippen LogP contribution in [0.1, 0.15) is 37.7 Å². The first kappa shape index (κ1) is 14.1. The molecule has 114 valence electrons. The van der Waals surface area contributed by atoms with Gasteiger partial charge in [-0.05, 0) is 96.3 Å². The molecule has 3 N–H and O–H groups in total. The molecule has 1 aromatic rings. The van der Waals surface area contributed by atoms with E-state index in [1.165, 1.54) is 43.4 Å². The van der Waals surface area contributed by atoms with Crippen molar-refractivity contribution >= 4 is 21.6 Å². The van der Waals surface area contributed by atoms with Crippen molar-refractivity contribution in [2.45, 2.75) is 44.6 Å². The quantitative estimate of drug-likeness (QED) is 0.853. The maximum atomic E-state index is 6.35. The Morgan fingerprint density at radius 2 is 1.76 bits per heavy atom.